The van der Waals surface area contributed by atoms with Gasteiger partial charge in [-0.15, -0.1) is 24.8 Å². The van der Waals surface area contributed by atoms with Crippen LogP contribution < -0.4 is 4.90 Å². The molecule has 2 aromatic carbocycles. The fourth-order valence-corrected chi connectivity index (χ4v) is 3.01. The predicted octanol–water partition coefficient (Wildman–Crippen LogP) is 4.88. The summed E-state index contributed by atoms with van der Waals surface area (Å²) in [5.74, 6) is 2.23. The van der Waals surface area contributed by atoms with E-state index in [1.807, 2.05) is 48.5 Å². The van der Waals surface area contributed by atoms with E-state index in [1.54, 1.807) is 0 Å². The summed E-state index contributed by atoms with van der Waals surface area (Å²) in [4.78, 5) is 13.9. The van der Waals surface area contributed by atoms with Crippen LogP contribution in [0.15, 0.2) is 59.0 Å². The van der Waals surface area contributed by atoms with E-state index in [0.717, 1.165) is 40.8 Å². The molecule has 28 heavy (non-hydrogen) atoms. The first-order valence-electron chi connectivity index (χ1n) is 8.73. The van der Waals surface area contributed by atoms with Crippen molar-refractivity contribution in [1.82, 2.24) is 14.9 Å². The normalized spacial score (nSPS) is 10.7. The molecule has 0 bridgehead atoms. The third kappa shape index (κ3) is 4.38. The molecule has 0 atom stereocenters. The summed E-state index contributed by atoms with van der Waals surface area (Å²) < 4.78 is 5.98. The van der Waals surface area contributed by atoms with Crippen LogP contribution in [-0.2, 0) is 0 Å². The molecule has 7 heteroatoms. The molecule has 4 rings (SSSR count). The van der Waals surface area contributed by atoms with Crippen LogP contribution in [0.3, 0.4) is 0 Å². The van der Waals surface area contributed by atoms with Crippen LogP contribution >= 0.6 is 24.8 Å². The van der Waals surface area contributed by atoms with E-state index in [2.05, 4.69) is 37.0 Å². The Balaban J connectivity index is 0.00000140. The second-order valence-corrected chi connectivity index (χ2v) is 6.76. The Bertz CT molecular complexity index is 1030. The van der Waals surface area contributed by atoms with Gasteiger partial charge < -0.3 is 14.2 Å². The van der Waals surface area contributed by atoms with Crippen molar-refractivity contribution in [1.29, 1.82) is 0 Å². The van der Waals surface area contributed by atoms with Crippen LogP contribution in [0.4, 0.5) is 5.82 Å². The van der Waals surface area contributed by atoms with Crippen molar-refractivity contribution in [2.24, 2.45) is 0 Å². The van der Waals surface area contributed by atoms with Gasteiger partial charge in [0.1, 0.15) is 11.4 Å². The summed E-state index contributed by atoms with van der Waals surface area (Å²) in [7, 11) is 6.22. The number of hydrogen-bond donors (Lipinski definition) is 0. The standard InChI is InChI=1S/C21H22N4O.2ClH/c1-24(2)12-13-25(3)21-16-9-5-6-10-17(16)22-20(23-21)19-14-15-8-4-7-11-18(15)26-19;;/h4-11,14H,12-13H2,1-3H3;2*1H. The Labute approximate surface area is 177 Å². The fraction of sp³-hybridized carbons (Fsp3) is 0.238. The van der Waals surface area contributed by atoms with Crippen LogP contribution in [0, 0.1) is 0 Å². The molecule has 0 saturated heterocycles. The first-order valence-corrected chi connectivity index (χ1v) is 8.73. The quantitative estimate of drug-likeness (QED) is 0.461. The van der Waals surface area contributed by atoms with Crippen LogP contribution in [0.1, 0.15) is 0 Å². The summed E-state index contributed by atoms with van der Waals surface area (Å²) in [5.41, 5.74) is 1.77. The third-order valence-electron chi connectivity index (χ3n) is 4.47. The van der Waals surface area contributed by atoms with Crippen molar-refractivity contribution in [3.05, 3.63) is 54.6 Å². The van der Waals surface area contributed by atoms with E-state index in [0.29, 0.717) is 11.6 Å². The van der Waals surface area contributed by atoms with E-state index in [4.69, 9.17) is 14.4 Å². The zero-order chi connectivity index (χ0) is 18.1. The minimum Gasteiger partial charge on any atom is -0.453 e. The molecule has 0 N–H and O–H groups in total. The molecule has 0 aliphatic heterocycles. The van der Waals surface area contributed by atoms with E-state index in [9.17, 15) is 0 Å². The van der Waals surface area contributed by atoms with Crippen molar-refractivity contribution in [2.75, 3.05) is 39.1 Å². The molecule has 0 aliphatic rings. The highest BCUT2D eigenvalue weighted by Crippen LogP contribution is 2.30. The third-order valence-corrected chi connectivity index (χ3v) is 4.47. The summed E-state index contributed by atoms with van der Waals surface area (Å²) in [6.45, 7) is 1.84. The minimum atomic E-state index is 0. The number of furan rings is 1. The fourth-order valence-electron chi connectivity index (χ4n) is 3.01. The minimum absolute atomic E-state index is 0. The molecule has 4 aromatic rings. The number of likely N-dealkylation sites (N-methyl/N-ethyl adjacent to an activating group) is 2. The van der Waals surface area contributed by atoms with Gasteiger partial charge in [-0.05, 0) is 38.4 Å². The Morgan fingerprint density at radius 1 is 0.857 bits per heavy atom. The molecule has 0 radical (unpaired) electrons. The van der Waals surface area contributed by atoms with Gasteiger partial charge in [-0.1, -0.05) is 30.3 Å². The van der Waals surface area contributed by atoms with Crippen molar-refractivity contribution in [3.8, 4) is 11.6 Å². The predicted molar refractivity (Wildman–Crippen MR) is 121 cm³/mol. The van der Waals surface area contributed by atoms with E-state index in [1.165, 1.54) is 0 Å². The Hall–Kier alpha value is -2.34. The van der Waals surface area contributed by atoms with Crippen molar-refractivity contribution in [2.45, 2.75) is 0 Å². The number of nitrogens with zero attached hydrogens (tertiary/aromatic N) is 4. The maximum Gasteiger partial charge on any atom is 0.198 e. The topological polar surface area (TPSA) is 45.4 Å². The van der Waals surface area contributed by atoms with E-state index < -0.39 is 0 Å². The summed E-state index contributed by atoms with van der Waals surface area (Å²) in [6, 6.07) is 18.1. The van der Waals surface area contributed by atoms with Gasteiger partial charge in [0.15, 0.2) is 11.6 Å². The van der Waals surface area contributed by atoms with Gasteiger partial charge in [0.25, 0.3) is 0 Å². The number of fused-ring (bicyclic) bond motifs is 2. The second-order valence-electron chi connectivity index (χ2n) is 6.76. The second kappa shape index (κ2) is 9.24. The number of para-hydroxylation sites is 2. The smallest absolute Gasteiger partial charge is 0.198 e. The van der Waals surface area contributed by atoms with Crippen LogP contribution in [0.2, 0.25) is 0 Å². The molecular weight excluding hydrogens is 395 g/mol. The highest BCUT2D eigenvalue weighted by atomic mass is 35.5. The lowest BCUT2D eigenvalue weighted by Gasteiger charge is -2.22. The number of rotatable bonds is 5. The number of anilines is 1. The highest BCUT2D eigenvalue weighted by Gasteiger charge is 2.15. The number of halogens is 2. The number of benzene rings is 2. The van der Waals surface area contributed by atoms with Crippen LogP contribution in [0.25, 0.3) is 33.5 Å². The number of hydrogen-bond acceptors (Lipinski definition) is 5. The molecular formula is C21H24Cl2N4O. The Morgan fingerprint density at radius 2 is 1.57 bits per heavy atom. The van der Waals surface area contributed by atoms with Crippen molar-refractivity contribution in [3.63, 3.8) is 0 Å². The van der Waals surface area contributed by atoms with Gasteiger partial charge in [-0.3, -0.25) is 0 Å². The molecule has 0 saturated carbocycles. The zero-order valence-electron chi connectivity index (χ0n) is 16.1. The van der Waals surface area contributed by atoms with Gasteiger partial charge in [-0.25, -0.2) is 9.97 Å². The van der Waals surface area contributed by atoms with Gasteiger partial charge in [0.2, 0.25) is 0 Å². The maximum absolute atomic E-state index is 5.98. The molecule has 0 spiro atoms. The SMILES string of the molecule is CN(C)CCN(C)c1nc(-c2cc3ccccc3o2)nc2ccccc12.Cl.Cl. The molecule has 5 nitrogen and oxygen atoms in total. The first kappa shape index (κ1) is 22.0. The molecule has 0 amide bonds. The Kier molecular flexibility index (Phi) is 7.24. The van der Waals surface area contributed by atoms with E-state index in [-0.39, 0.29) is 24.8 Å². The number of aromatic nitrogens is 2. The molecule has 2 heterocycles. The van der Waals surface area contributed by atoms with Gasteiger partial charge >= 0.3 is 0 Å². The van der Waals surface area contributed by atoms with Gasteiger partial charge in [0.05, 0.1) is 5.52 Å². The Morgan fingerprint density at radius 3 is 2.32 bits per heavy atom. The maximum atomic E-state index is 5.98. The van der Waals surface area contributed by atoms with Crippen LogP contribution in [-0.4, -0.2) is 49.1 Å². The molecule has 0 fully saturated rings. The van der Waals surface area contributed by atoms with Crippen LogP contribution in [0.5, 0.6) is 0 Å². The highest BCUT2D eigenvalue weighted by molar-refractivity contribution is 5.91. The summed E-state index contributed by atoms with van der Waals surface area (Å²) >= 11 is 0. The zero-order valence-corrected chi connectivity index (χ0v) is 17.8. The lowest BCUT2D eigenvalue weighted by molar-refractivity contribution is 0.416. The van der Waals surface area contributed by atoms with Crippen molar-refractivity contribution >= 4 is 52.5 Å². The summed E-state index contributed by atoms with van der Waals surface area (Å²) in [5, 5.41) is 2.11. The molecule has 0 aliphatic carbocycles. The molecule has 0 unspecified atom stereocenters. The van der Waals surface area contributed by atoms with Crippen molar-refractivity contribution < 1.29 is 4.42 Å². The average molecular weight is 419 g/mol. The average Bonchev–Trinajstić information content (AvgIpc) is 3.09. The first-order chi connectivity index (χ1) is 12.6. The molecule has 2 aromatic heterocycles. The lowest BCUT2D eigenvalue weighted by atomic mass is 10.2. The van der Waals surface area contributed by atoms with Gasteiger partial charge in [0, 0.05) is 30.9 Å². The lowest BCUT2D eigenvalue weighted by Crippen LogP contribution is -2.29. The largest absolute Gasteiger partial charge is 0.453 e. The van der Waals surface area contributed by atoms with E-state index >= 15 is 0 Å². The summed E-state index contributed by atoms with van der Waals surface area (Å²) in [6.07, 6.45) is 0. The van der Waals surface area contributed by atoms with Gasteiger partial charge in [-0.2, -0.15) is 0 Å². The monoisotopic (exact) mass is 418 g/mol. The molecule has 148 valence electrons.